The number of aliphatic hydroxyl groups excluding tert-OH is 1. The molecule has 6 heteroatoms. The Kier molecular flexibility index (Phi) is 6.49. The van der Waals surface area contributed by atoms with Gasteiger partial charge in [0.05, 0.1) is 18.8 Å². The summed E-state index contributed by atoms with van der Waals surface area (Å²) in [6.45, 7) is 4.01. The molecule has 2 N–H and O–H groups in total. The Balaban J connectivity index is 1.86. The number of benzene rings is 1. The maximum Gasteiger partial charge on any atom is 0.220 e. The number of oxazole rings is 1. The van der Waals surface area contributed by atoms with Crippen LogP contribution in [0.1, 0.15) is 32.6 Å². The number of amides is 1. The summed E-state index contributed by atoms with van der Waals surface area (Å²) in [6.07, 6.45) is 2.90. The Hall–Kier alpha value is -2.21. The van der Waals surface area contributed by atoms with E-state index in [9.17, 15) is 14.3 Å². The maximum atomic E-state index is 12.9. The van der Waals surface area contributed by atoms with Gasteiger partial charge in [-0.25, -0.2) is 9.37 Å². The number of halogens is 1. The Morgan fingerprint density at radius 3 is 2.67 bits per heavy atom. The van der Waals surface area contributed by atoms with Crippen LogP contribution in [0.25, 0.3) is 11.3 Å². The normalized spacial score (nSPS) is 12.4. The number of rotatable bonds is 8. The molecule has 0 aliphatic rings. The van der Waals surface area contributed by atoms with E-state index in [4.69, 9.17) is 4.42 Å². The van der Waals surface area contributed by atoms with Crippen LogP contribution >= 0.6 is 0 Å². The van der Waals surface area contributed by atoms with Gasteiger partial charge in [0.1, 0.15) is 5.82 Å². The average Bonchev–Trinajstić information content (AvgIpc) is 3.01. The fraction of sp³-hybridized carbons (Fsp3) is 0.444. The molecule has 5 nitrogen and oxygen atoms in total. The molecule has 1 unspecified atom stereocenters. The number of aliphatic hydroxyl groups is 1. The van der Waals surface area contributed by atoms with Gasteiger partial charge in [0.25, 0.3) is 0 Å². The van der Waals surface area contributed by atoms with Gasteiger partial charge in [-0.05, 0) is 36.6 Å². The van der Waals surface area contributed by atoms with Gasteiger partial charge in [-0.1, -0.05) is 13.8 Å². The summed E-state index contributed by atoms with van der Waals surface area (Å²) in [6, 6.07) is 5.72. The third-order valence-corrected chi connectivity index (χ3v) is 3.59. The molecule has 0 saturated carbocycles. The lowest BCUT2D eigenvalue weighted by Gasteiger charge is -2.17. The number of carbonyl (C=O) groups is 1. The zero-order valence-electron chi connectivity index (χ0n) is 14.0. The largest absolute Gasteiger partial charge is 0.441 e. The SMILES string of the molecule is CC(C)CC(CO)NC(=O)CCc1ncc(-c2ccc(F)cc2)o1. The number of nitrogens with zero attached hydrogens (tertiary/aromatic N) is 1. The third-order valence-electron chi connectivity index (χ3n) is 3.59. The highest BCUT2D eigenvalue weighted by Gasteiger charge is 2.14. The number of hydrogen-bond donors (Lipinski definition) is 2. The van der Waals surface area contributed by atoms with Crippen LogP contribution < -0.4 is 5.32 Å². The van der Waals surface area contributed by atoms with Crippen LogP contribution in [0.15, 0.2) is 34.9 Å². The van der Waals surface area contributed by atoms with Crippen molar-refractivity contribution in [3.8, 4) is 11.3 Å². The number of nitrogens with one attached hydrogen (secondary N) is 1. The molecule has 0 radical (unpaired) electrons. The minimum absolute atomic E-state index is 0.0718. The van der Waals surface area contributed by atoms with Crippen molar-refractivity contribution in [3.05, 3.63) is 42.2 Å². The smallest absolute Gasteiger partial charge is 0.220 e. The van der Waals surface area contributed by atoms with Crippen LogP contribution in [0.5, 0.6) is 0 Å². The summed E-state index contributed by atoms with van der Waals surface area (Å²) < 4.78 is 18.5. The zero-order valence-corrected chi connectivity index (χ0v) is 14.0. The van der Waals surface area contributed by atoms with Gasteiger partial charge in [0, 0.05) is 18.4 Å². The van der Waals surface area contributed by atoms with Crippen LogP contribution in [0.4, 0.5) is 4.39 Å². The van der Waals surface area contributed by atoms with E-state index in [1.54, 1.807) is 18.3 Å². The number of carbonyl (C=O) groups excluding carboxylic acids is 1. The molecule has 1 heterocycles. The predicted molar refractivity (Wildman–Crippen MR) is 88.7 cm³/mol. The van der Waals surface area contributed by atoms with Crippen molar-refractivity contribution in [1.82, 2.24) is 10.3 Å². The van der Waals surface area contributed by atoms with Gasteiger partial charge >= 0.3 is 0 Å². The van der Waals surface area contributed by atoms with Crippen LogP contribution in [-0.4, -0.2) is 28.6 Å². The molecule has 24 heavy (non-hydrogen) atoms. The van der Waals surface area contributed by atoms with E-state index in [-0.39, 0.29) is 30.8 Å². The quantitative estimate of drug-likeness (QED) is 0.778. The fourth-order valence-electron chi connectivity index (χ4n) is 2.44. The molecule has 0 aliphatic heterocycles. The second-order valence-electron chi connectivity index (χ2n) is 6.20. The highest BCUT2D eigenvalue weighted by atomic mass is 19.1. The number of aromatic nitrogens is 1. The Bertz CT molecular complexity index is 653. The Morgan fingerprint density at radius 2 is 2.04 bits per heavy atom. The number of aryl methyl sites for hydroxylation is 1. The van der Waals surface area contributed by atoms with E-state index >= 15 is 0 Å². The lowest BCUT2D eigenvalue weighted by molar-refractivity contribution is -0.122. The van der Waals surface area contributed by atoms with Crippen LogP contribution in [0.3, 0.4) is 0 Å². The summed E-state index contributed by atoms with van der Waals surface area (Å²) in [5.41, 5.74) is 0.733. The van der Waals surface area contributed by atoms with Crippen LogP contribution in [-0.2, 0) is 11.2 Å². The molecule has 0 aliphatic carbocycles. The Labute approximate surface area is 140 Å². The molecule has 0 bridgehead atoms. The van der Waals surface area contributed by atoms with Crippen molar-refractivity contribution in [1.29, 1.82) is 0 Å². The van der Waals surface area contributed by atoms with Crippen molar-refractivity contribution in [2.45, 2.75) is 39.2 Å². The van der Waals surface area contributed by atoms with Gasteiger partial charge in [-0.3, -0.25) is 4.79 Å². The molecular weight excluding hydrogens is 311 g/mol. The van der Waals surface area contributed by atoms with E-state index in [1.165, 1.54) is 12.1 Å². The van der Waals surface area contributed by atoms with E-state index in [1.807, 2.05) is 13.8 Å². The maximum absolute atomic E-state index is 12.9. The van der Waals surface area contributed by atoms with Gasteiger partial charge in [0.15, 0.2) is 11.7 Å². The van der Waals surface area contributed by atoms with Crippen LogP contribution in [0.2, 0.25) is 0 Å². The van der Waals surface area contributed by atoms with Crippen molar-refractivity contribution in [2.75, 3.05) is 6.61 Å². The molecule has 1 amide bonds. The molecule has 0 fully saturated rings. The van der Waals surface area contributed by atoms with Crippen LogP contribution in [0, 0.1) is 11.7 Å². The van der Waals surface area contributed by atoms with Crippen molar-refractivity contribution in [2.24, 2.45) is 5.92 Å². The first-order valence-electron chi connectivity index (χ1n) is 8.08. The highest BCUT2D eigenvalue weighted by molar-refractivity contribution is 5.76. The number of hydrogen-bond acceptors (Lipinski definition) is 4. The lowest BCUT2D eigenvalue weighted by Crippen LogP contribution is -2.38. The fourth-order valence-corrected chi connectivity index (χ4v) is 2.44. The predicted octanol–water partition coefficient (Wildman–Crippen LogP) is 2.94. The summed E-state index contributed by atoms with van der Waals surface area (Å²) in [4.78, 5) is 16.1. The van der Waals surface area contributed by atoms with E-state index in [0.29, 0.717) is 24.0 Å². The van der Waals surface area contributed by atoms with Crippen molar-refractivity contribution in [3.63, 3.8) is 0 Å². The van der Waals surface area contributed by atoms with Gasteiger partial charge < -0.3 is 14.8 Å². The third kappa shape index (κ3) is 5.45. The minimum atomic E-state index is -0.310. The highest BCUT2D eigenvalue weighted by Crippen LogP contribution is 2.21. The molecule has 1 atom stereocenters. The first-order valence-corrected chi connectivity index (χ1v) is 8.08. The molecule has 2 aromatic rings. The average molecular weight is 334 g/mol. The zero-order chi connectivity index (χ0) is 17.5. The molecule has 0 spiro atoms. The molecule has 1 aromatic heterocycles. The Morgan fingerprint density at radius 1 is 1.33 bits per heavy atom. The van der Waals surface area contributed by atoms with Gasteiger partial charge in [-0.15, -0.1) is 0 Å². The molecule has 1 aromatic carbocycles. The summed E-state index contributed by atoms with van der Waals surface area (Å²) in [7, 11) is 0. The molecule has 0 saturated heterocycles. The summed E-state index contributed by atoms with van der Waals surface area (Å²) >= 11 is 0. The van der Waals surface area contributed by atoms with E-state index < -0.39 is 0 Å². The second-order valence-corrected chi connectivity index (χ2v) is 6.20. The molecule has 2 rings (SSSR count). The van der Waals surface area contributed by atoms with Gasteiger partial charge in [0.2, 0.25) is 5.91 Å². The van der Waals surface area contributed by atoms with Crippen molar-refractivity contribution < 1.29 is 18.7 Å². The monoisotopic (exact) mass is 334 g/mol. The molecule has 130 valence electrons. The first-order chi connectivity index (χ1) is 11.5. The molecular formula is C18H23FN2O3. The summed E-state index contributed by atoms with van der Waals surface area (Å²) in [5.74, 6) is 0.936. The van der Waals surface area contributed by atoms with E-state index in [0.717, 1.165) is 12.0 Å². The topological polar surface area (TPSA) is 75.4 Å². The standard InChI is InChI=1S/C18H23FN2O3/c1-12(2)9-15(11-22)21-17(23)7-8-18-20-10-16(24-18)13-3-5-14(19)6-4-13/h3-6,10,12,15,22H,7-9,11H2,1-2H3,(H,21,23). The lowest BCUT2D eigenvalue weighted by atomic mass is 10.0. The first kappa shape index (κ1) is 18.1. The van der Waals surface area contributed by atoms with Gasteiger partial charge in [-0.2, -0.15) is 0 Å². The van der Waals surface area contributed by atoms with Crippen molar-refractivity contribution >= 4 is 5.91 Å². The minimum Gasteiger partial charge on any atom is -0.441 e. The summed E-state index contributed by atoms with van der Waals surface area (Å²) in [5, 5.41) is 12.1. The second kappa shape index (κ2) is 8.59. The van der Waals surface area contributed by atoms with E-state index in [2.05, 4.69) is 10.3 Å².